The summed E-state index contributed by atoms with van der Waals surface area (Å²) >= 11 is 7.43. The average Bonchev–Trinajstić information content (AvgIpc) is 2.85. The topological polar surface area (TPSA) is 57.6 Å². The third-order valence-electron chi connectivity index (χ3n) is 3.30. The van der Waals surface area contributed by atoms with Crippen LogP contribution in [0.15, 0.2) is 29.2 Å². The van der Waals surface area contributed by atoms with Crippen molar-refractivity contribution in [2.75, 3.05) is 12.3 Å². The summed E-state index contributed by atoms with van der Waals surface area (Å²) in [5.74, 6) is -0.577. The Morgan fingerprint density at radius 3 is 2.85 bits per heavy atom. The van der Waals surface area contributed by atoms with E-state index in [-0.39, 0.29) is 18.4 Å². The fourth-order valence-electron chi connectivity index (χ4n) is 2.36. The molecule has 1 heterocycles. The van der Waals surface area contributed by atoms with E-state index in [1.807, 2.05) is 18.2 Å². The quantitative estimate of drug-likeness (QED) is 0.849. The van der Waals surface area contributed by atoms with Crippen molar-refractivity contribution in [1.82, 2.24) is 4.90 Å². The Bertz CT molecular complexity index is 509. The molecule has 1 aliphatic rings. The zero-order chi connectivity index (χ0) is 14.5. The summed E-state index contributed by atoms with van der Waals surface area (Å²) in [6.45, 7) is 0.653. The Morgan fingerprint density at radius 1 is 1.40 bits per heavy atom. The van der Waals surface area contributed by atoms with Gasteiger partial charge in [0.1, 0.15) is 0 Å². The first-order chi connectivity index (χ1) is 9.58. The van der Waals surface area contributed by atoms with Crippen LogP contribution >= 0.6 is 23.4 Å². The average molecular weight is 314 g/mol. The van der Waals surface area contributed by atoms with Crippen molar-refractivity contribution < 1.29 is 14.7 Å². The number of nitrogens with zero attached hydrogens (tertiary/aromatic N) is 1. The van der Waals surface area contributed by atoms with Crippen LogP contribution in [-0.2, 0) is 9.59 Å². The zero-order valence-electron chi connectivity index (χ0n) is 10.9. The molecule has 1 unspecified atom stereocenters. The Morgan fingerprint density at radius 2 is 2.15 bits per heavy atom. The highest BCUT2D eigenvalue weighted by Gasteiger charge is 2.30. The number of halogens is 1. The molecule has 6 heteroatoms. The van der Waals surface area contributed by atoms with Gasteiger partial charge in [0.05, 0.1) is 17.2 Å². The van der Waals surface area contributed by atoms with Gasteiger partial charge in [0.15, 0.2) is 0 Å². The van der Waals surface area contributed by atoms with Gasteiger partial charge in [0, 0.05) is 17.5 Å². The van der Waals surface area contributed by atoms with Gasteiger partial charge in [-0.05, 0) is 25.0 Å². The van der Waals surface area contributed by atoms with Gasteiger partial charge in [-0.15, -0.1) is 11.8 Å². The summed E-state index contributed by atoms with van der Waals surface area (Å²) in [6.07, 6.45) is 1.68. The molecule has 108 valence electrons. The van der Waals surface area contributed by atoms with Gasteiger partial charge in [0.25, 0.3) is 0 Å². The molecule has 1 aromatic rings. The van der Waals surface area contributed by atoms with E-state index in [0.717, 1.165) is 17.7 Å². The highest BCUT2D eigenvalue weighted by Crippen LogP contribution is 2.28. The maximum Gasteiger partial charge on any atom is 0.305 e. The van der Waals surface area contributed by atoms with E-state index in [1.54, 1.807) is 11.0 Å². The van der Waals surface area contributed by atoms with Crippen molar-refractivity contribution in [3.63, 3.8) is 0 Å². The minimum Gasteiger partial charge on any atom is -0.481 e. The van der Waals surface area contributed by atoms with E-state index in [0.29, 0.717) is 17.3 Å². The number of aliphatic carboxylic acids is 1. The predicted molar refractivity (Wildman–Crippen MR) is 79.2 cm³/mol. The van der Waals surface area contributed by atoms with Crippen LogP contribution in [0.4, 0.5) is 0 Å². The smallest absolute Gasteiger partial charge is 0.305 e. The van der Waals surface area contributed by atoms with E-state index in [2.05, 4.69) is 0 Å². The maximum atomic E-state index is 12.2. The summed E-state index contributed by atoms with van der Waals surface area (Å²) in [6, 6.07) is 7.22. The van der Waals surface area contributed by atoms with Crippen LogP contribution in [0.1, 0.15) is 19.3 Å². The van der Waals surface area contributed by atoms with Crippen molar-refractivity contribution >= 4 is 35.2 Å². The second-order valence-electron chi connectivity index (χ2n) is 4.70. The van der Waals surface area contributed by atoms with Gasteiger partial charge < -0.3 is 10.0 Å². The molecule has 1 aliphatic heterocycles. The largest absolute Gasteiger partial charge is 0.481 e. The van der Waals surface area contributed by atoms with Crippen molar-refractivity contribution in [2.24, 2.45) is 0 Å². The van der Waals surface area contributed by atoms with Crippen LogP contribution in [0.2, 0.25) is 5.02 Å². The molecule has 0 aliphatic carbocycles. The molecule has 0 radical (unpaired) electrons. The van der Waals surface area contributed by atoms with Crippen molar-refractivity contribution in [3.05, 3.63) is 29.3 Å². The third-order valence-corrected chi connectivity index (χ3v) is 4.80. The van der Waals surface area contributed by atoms with Crippen LogP contribution in [0.5, 0.6) is 0 Å². The number of carboxylic acid groups (broad SMARTS) is 1. The summed E-state index contributed by atoms with van der Waals surface area (Å²) in [4.78, 5) is 25.5. The van der Waals surface area contributed by atoms with Crippen LogP contribution in [0.25, 0.3) is 0 Å². The fraction of sp³-hybridized carbons (Fsp3) is 0.429. The highest BCUT2D eigenvalue weighted by molar-refractivity contribution is 8.00. The summed E-state index contributed by atoms with van der Waals surface area (Å²) in [5.41, 5.74) is 0. The molecule has 1 fully saturated rings. The molecule has 0 spiro atoms. The van der Waals surface area contributed by atoms with Gasteiger partial charge in [-0.25, -0.2) is 0 Å². The molecule has 0 bridgehead atoms. The molecule has 1 atom stereocenters. The van der Waals surface area contributed by atoms with Crippen molar-refractivity contribution in [3.8, 4) is 0 Å². The Balaban J connectivity index is 1.91. The normalized spacial score (nSPS) is 18.2. The number of carbonyl (C=O) groups excluding carboxylic acids is 1. The summed E-state index contributed by atoms with van der Waals surface area (Å²) < 4.78 is 0. The molecular formula is C14H16ClNO3S. The van der Waals surface area contributed by atoms with Gasteiger partial charge in [-0.2, -0.15) is 0 Å². The molecule has 0 saturated carbocycles. The highest BCUT2D eigenvalue weighted by atomic mass is 35.5. The number of hydrogen-bond acceptors (Lipinski definition) is 3. The molecule has 1 saturated heterocycles. The fourth-order valence-corrected chi connectivity index (χ4v) is 3.49. The second kappa shape index (κ2) is 6.99. The predicted octanol–water partition coefficient (Wildman–Crippen LogP) is 2.90. The van der Waals surface area contributed by atoms with E-state index in [4.69, 9.17) is 16.7 Å². The Kier molecular flexibility index (Phi) is 5.31. The lowest BCUT2D eigenvalue weighted by molar-refractivity contribution is -0.139. The van der Waals surface area contributed by atoms with Crippen molar-refractivity contribution in [1.29, 1.82) is 0 Å². The summed E-state index contributed by atoms with van der Waals surface area (Å²) in [7, 11) is 0. The lowest BCUT2D eigenvalue weighted by Crippen LogP contribution is -2.37. The number of carbonyl (C=O) groups is 2. The SMILES string of the molecule is O=C(O)CC1CCCN1C(=O)CSc1ccccc1Cl. The number of likely N-dealkylation sites (tertiary alicyclic amines) is 1. The number of amides is 1. The standard InChI is InChI=1S/C14H16ClNO3S/c15-11-5-1-2-6-12(11)20-9-13(17)16-7-3-4-10(16)8-14(18)19/h1-2,5-6,10H,3-4,7-9H2,(H,18,19). The molecule has 1 aromatic carbocycles. The van der Waals surface area contributed by atoms with Crippen LogP contribution in [0.3, 0.4) is 0 Å². The van der Waals surface area contributed by atoms with Crippen LogP contribution < -0.4 is 0 Å². The Hall–Kier alpha value is -1.20. The number of thioether (sulfide) groups is 1. The van der Waals surface area contributed by atoms with Gasteiger partial charge in [-0.1, -0.05) is 23.7 Å². The number of hydrogen-bond donors (Lipinski definition) is 1. The first kappa shape index (κ1) is 15.2. The molecular weight excluding hydrogens is 298 g/mol. The van der Waals surface area contributed by atoms with Crippen molar-refractivity contribution in [2.45, 2.75) is 30.2 Å². The minimum atomic E-state index is -0.853. The van der Waals surface area contributed by atoms with Gasteiger partial charge in [0.2, 0.25) is 5.91 Å². The van der Waals surface area contributed by atoms with Crippen LogP contribution in [0, 0.1) is 0 Å². The van der Waals surface area contributed by atoms with Gasteiger partial charge >= 0.3 is 5.97 Å². The minimum absolute atomic E-state index is 0.0151. The lowest BCUT2D eigenvalue weighted by atomic mass is 10.1. The zero-order valence-corrected chi connectivity index (χ0v) is 12.5. The molecule has 1 amide bonds. The molecule has 2 rings (SSSR count). The first-order valence-electron chi connectivity index (χ1n) is 6.46. The van der Waals surface area contributed by atoms with E-state index in [9.17, 15) is 9.59 Å². The van der Waals surface area contributed by atoms with E-state index in [1.165, 1.54) is 11.8 Å². The molecule has 1 N–H and O–H groups in total. The van der Waals surface area contributed by atoms with E-state index < -0.39 is 5.97 Å². The number of rotatable bonds is 5. The first-order valence-corrected chi connectivity index (χ1v) is 7.83. The molecule has 20 heavy (non-hydrogen) atoms. The number of benzene rings is 1. The van der Waals surface area contributed by atoms with Crippen LogP contribution in [-0.4, -0.2) is 40.2 Å². The lowest BCUT2D eigenvalue weighted by Gasteiger charge is -2.23. The third kappa shape index (κ3) is 3.90. The maximum absolute atomic E-state index is 12.2. The Labute approximate surface area is 127 Å². The monoisotopic (exact) mass is 313 g/mol. The van der Waals surface area contributed by atoms with E-state index >= 15 is 0 Å². The molecule has 4 nitrogen and oxygen atoms in total. The summed E-state index contributed by atoms with van der Waals surface area (Å²) in [5, 5.41) is 9.49. The number of carboxylic acids is 1. The molecule has 0 aromatic heterocycles. The second-order valence-corrected chi connectivity index (χ2v) is 6.12. The van der Waals surface area contributed by atoms with Gasteiger partial charge in [-0.3, -0.25) is 9.59 Å².